The number of carbonyl (C=O) groups is 3. The molecule has 2 aromatic carbocycles. The number of alkyl carbamates (subject to hydrolysis) is 1. The van der Waals surface area contributed by atoms with Gasteiger partial charge in [0.25, 0.3) is 0 Å². The van der Waals surface area contributed by atoms with Crippen LogP contribution in [0.25, 0.3) is 11.1 Å². The number of ether oxygens (including phenoxy) is 2. The fraction of sp³-hybridized carbons (Fsp3) is 0.423. The minimum Gasteiger partial charge on any atom is -0.480 e. The van der Waals surface area contributed by atoms with E-state index in [0.717, 1.165) is 22.3 Å². The van der Waals surface area contributed by atoms with Crippen molar-refractivity contribution in [1.82, 2.24) is 10.6 Å². The summed E-state index contributed by atoms with van der Waals surface area (Å²) in [7, 11) is 0. The molecule has 188 valence electrons. The number of carbonyl (C=O) groups excluding carboxylic acids is 2. The van der Waals surface area contributed by atoms with Crippen molar-refractivity contribution >= 4 is 18.0 Å². The van der Waals surface area contributed by atoms with E-state index in [1.165, 1.54) is 0 Å². The van der Waals surface area contributed by atoms with E-state index >= 15 is 0 Å². The van der Waals surface area contributed by atoms with Gasteiger partial charge in [-0.3, -0.25) is 4.79 Å². The number of aliphatic carboxylic acids is 1. The number of rotatable bonds is 10. The topological polar surface area (TPSA) is 134 Å². The van der Waals surface area contributed by atoms with Crippen molar-refractivity contribution in [1.29, 1.82) is 0 Å². The Kier molecular flexibility index (Phi) is 8.48. The van der Waals surface area contributed by atoms with Crippen molar-refractivity contribution in [3.05, 3.63) is 59.7 Å². The highest BCUT2D eigenvalue weighted by Crippen LogP contribution is 2.44. The Hall–Kier alpha value is -3.43. The predicted octanol–water partition coefficient (Wildman–Crippen LogP) is 2.66. The van der Waals surface area contributed by atoms with Gasteiger partial charge in [0, 0.05) is 18.9 Å². The summed E-state index contributed by atoms with van der Waals surface area (Å²) < 4.78 is 11.2. The molecule has 0 spiro atoms. The molecule has 1 aliphatic rings. The van der Waals surface area contributed by atoms with Crippen LogP contribution >= 0.6 is 0 Å². The maximum absolute atomic E-state index is 12.8. The van der Waals surface area contributed by atoms with Gasteiger partial charge in [-0.15, -0.1) is 0 Å². The Morgan fingerprint density at radius 1 is 0.943 bits per heavy atom. The molecule has 2 aromatic rings. The first-order valence-corrected chi connectivity index (χ1v) is 11.5. The number of carboxylic acid groups (broad SMARTS) is 1. The number of nitrogens with one attached hydrogen (secondary N) is 2. The van der Waals surface area contributed by atoms with E-state index in [1.54, 1.807) is 20.8 Å². The Morgan fingerprint density at radius 3 is 2.03 bits per heavy atom. The van der Waals surface area contributed by atoms with Gasteiger partial charge in [0.15, 0.2) is 0 Å². The Balaban J connectivity index is 1.68. The molecule has 2 amide bonds. The summed E-state index contributed by atoms with van der Waals surface area (Å²) in [5.41, 5.74) is 3.70. The number of fused-ring (bicyclic) bond motifs is 3. The summed E-state index contributed by atoms with van der Waals surface area (Å²) in [6.07, 6.45) is -0.989. The van der Waals surface area contributed by atoms with Crippen molar-refractivity contribution in [2.24, 2.45) is 0 Å². The van der Waals surface area contributed by atoms with Crippen LogP contribution in [-0.4, -0.2) is 65.7 Å². The summed E-state index contributed by atoms with van der Waals surface area (Å²) in [4.78, 5) is 36.8. The van der Waals surface area contributed by atoms with E-state index in [2.05, 4.69) is 10.6 Å². The van der Waals surface area contributed by atoms with Gasteiger partial charge < -0.3 is 30.3 Å². The van der Waals surface area contributed by atoms with E-state index in [-0.39, 0.29) is 25.6 Å². The number of aliphatic hydroxyl groups is 1. The first kappa shape index (κ1) is 26.2. The van der Waals surface area contributed by atoms with E-state index in [9.17, 15) is 19.5 Å². The smallest absolute Gasteiger partial charge is 0.407 e. The number of hydrogen-bond donors (Lipinski definition) is 4. The highest BCUT2D eigenvalue weighted by molar-refractivity contribution is 5.89. The molecule has 0 aliphatic heterocycles. The van der Waals surface area contributed by atoms with Gasteiger partial charge >= 0.3 is 12.1 Å². The van der Waals surface area contributed by atoms with Crippen LogP contribution in [0.4, 0.5) is 4.79 Å². The molecule has 9 nitrogen and oxygen atoms in total. The minimum absolute atomic E-state index is 0.0661. The van der Waals surface area contributed by atoms with Crippen molar-refractivity contribution in [2.45, 2.75) is 50.8 Å². The van der Waals surface area contributed by atoms with Crippen LogP contribution in [0.2, 0.25) is 0 Å². The molecule has 0 saturated carbocycles. The van der Waals surface area contributed by atoms with E-state index in [0.29, 0.717) is 0 Å². The number of amides is 2. The van der Waals surface area contributed by atoms with E-state index in [4.69, 9.17) is 14.6 Å². The van der Waals surface area contributed by atoms with Crippen LogP contribution in [0.15, 0.2) is 48.5 Å². The van der Waals surface area contributed by atoms with Gasteiger partial charge in [0.1, 0.15) is 18.7 Å². The van der Waals surface area contributed by atoms with Crippen molar-refractivity contribution in [3.63, 3.8) is 0 Å². The summed E-state index contributed by atoms with van der Waals surface area (Å²) in [6, 6.07) is 13.4. The Bertz CT molecular complexity index is 1020. The van der Waals surface area contributed by atoms with Crippen LogP contribution in [0.3, 0.4) is 0 Å². The molecule has 0 radical (unpaired) electrons. The van der Waals surface area contributed by atoms with Crippen LogP contribution in [0.1, 0.15) is 44.2 Å². The van der Waals surface area contributed by atoms with Gasteiger partial charge in [-0.05, 0) is 43.0 Å². The zero-order valence-corrected chi connectivity index (χ0v) is 20.1. The molecular formula is C26H32N2O7. The monoisotopic (exact) mass is 484 g/mol. The lowest BCUT2D eigenvalue weighted by molar-refractivity contribution is -0.143. The molecule has 9 heteroatoms. The van der Waals surface area contributed by atoms with Gasteiger partial charge in [-0.1, -0.05) is 48.5 Å². The lowest BCUT2D eigenvalue weighted by atomic mass is 9.98. The fourth-order valence-electron chi connectivity index (χ4n) is 3.96. The molecule has 1 aliphatic carbocycles. The average Bonchev–Trinajstić information content (AvgIpc) is 3.13. The lowest BCUT2D eigenvalue weighted by Crippen LogP contribution is -2.54. The van der Waals surface area contributed by atoms with Crippen LogP contribution in [0.5, 0.6) is 0 Å². The molecular weight excluding hydrogens is 452 g/mol. The molecule has 0 heterocycles. The fourth-order valence-corrected chi connectivity index (χ4v) is 3.96. The summed E-state index contributed by atoms with van der Waals surface area (Å²) in [5, 5.41) is 23.2. The third-order valence-electron chi connectivity index (χ3n) is 5.67. The van der Waals surface area contributed by atoms with Crippen molar-refractivity contribution in [3.8, 4) is 11.1 Å². The second-order valence-corrected chi connectivity index (χ2v) is 9.36. The zero-order chi connectivity index (χ0) is 25.6. The Morgan fingerprint density at radius 2 is 1.51 bits per heavy atom. The minimum atomic E-state index is -1.30. The molecule has 0 bridgehead atoms. The molecule has 0 saturated heterocycles. The van der Waals surface area contributed by atoms with E-state index in [1.807, 2.05) is 48.5 Å². The SMILES string of the molecule is CC(C)(C)OC[C@H](NC(=O)OCC1c2ccccc2-c2ccccc21)C(=O)NC(CCO)C(=O)O. The van der Waals surface area contributed by atoms with Gasteiger partial charge in [-0.2, -0.15) is 0 Å². The first-order chi connectivity index (χ1) is 16.6. The normalized spacial score (nSPS) is 14.4. The van der Waals surface area contributed by atoms with Crippen LogP contribution < -0.4 is 10.6 Å². The summed E-state index contributed by atoms with van der Waals surface area (Å²) >= 11 is 0. The largest absolute Gasteiger partial charge is 0.480 e. The number of hydrogen-bond acceptors (Lipinski definition) is 6. The van der Waals surface area contributed by atoms with Crippen LogP contribution in [0, 0.1) is 0 Å². The highest BCUT2D eigenvalue weighted by atomic mass is 16.5. The second-order valence-electron chi connectivity index (χ2n) is 9.36. The zero-order valence-electron chi connectivity index (χ0n) is 20.1. The van der Waals surface area contributed by atoms with Crippen LogP contribution in [-0.2, 0) is 19.1 Å². The molecule has 0 fully saturated rings. The molecule has 0 aromatic heterocycles. The number of carboxylic acids is 1. The molecule has 4 N–H and O–H groups in total. The van der Waals surface area contributed by atoms with Gasteiger partial charge in [0.05, 0.1) is 12.2 Å². The number of benzene rings is 2. The summed E-state index contributed by atoms with van der Waals surface area (Å²) in [5.74, 6) is -2.18. The third kappa shape index (κ3) is 6.80. The van der Waals surface area contributed by atoms with Crippen molar-refractivity contribution in [2.75, 3.05) is 19.8 Å². The van der Waals surface area contributed by atoms with Crippen molar-refractivity contribution < 1.29 is 34.1 Å². The molecule has 35 heavy (non-hydrogen) atoms. The molecule has 2 atom stereocenters. The number of aliphatic hydroxyl groups excluding tert-OH is 1. The lowest BCUT2D eigenvalue weighted by Gasteiger charge is -2.25. The second kappa shape index (κ2) is 11.3. The van der Waals surface area contributed by atoms with Gasteiger partial charge in [0.2, 0.25) is 5.91 Å². The predicted molar refractivity (Wildman–Crippen MR) is 129 cm³/mol. The maximum atomic E-state index is 12.8. The average molecular weight is 485 g/mol. The Labute approximate surface area is 204 Å². The van der Waals surface area contributed by atoms with E-state index < -0.39 is 42.3 Å². The van der Waals surface area contributed by atoms with Gasteiger partial charge in [-0.25, -0.2) is 9.59 Å². The quantitative estimate of drug-likeness (QED) is 0.407. The molecule has 3 rings (SSSR count). The highest BCUT2D eigenvalue weighted by Gasteiger charge is 2.31. The standard InChI is InChI=1S/C26H32N2O7/c1-26(2,3)35-15-22(23(30)27-21(12-13-29)24(31)32)28-25(33)34-14-20-18-10-6-4-8-16(18)17-9-5-7-11-19(17)20/h4-11,20-22,29H,12-15H2,1-3H3,(H,27,30)(H,28,33)(H,31,32)/t21?,22-/m0/s1. The first-order valence-electron chi connectivity index (χ1n) is 11.5. The maximum Gasteiger partial charge on any atom is 0.407 e. The third-order valence-corrected chi connectivity index (χ3v) is 5.67. The molecule has 1 unspecified atom stereocenters. The summed E-state index contributed by atoms with van der Waals surface area (Å²) in [6.45, 7) is 4.84.